The number of rotatable bonds is 1. The Balaban J connectivity index is 2.15. The van der Waals surface area contributed by atoms with Crippen molar-refractivity contribution in [1.29, 1.82) is 0 Å². The van der Waals surface area contributed by atoms with Crippen LogP contribution in [0.3, 0.4) is 0 Å². The maximum absolute atomic E-state index is 12.2. The number of aliphatic hydroxyl groups is 1. The van der Waals surface area contributed by atoms with Gasteiger partial charge < -0.3 is 14.6 Å². The number of fused-ring (bicyclic) bond motifs is 2. The minimum atomic E-state index is -1.19. The van der Waals surface area contributed by atoms with Crippen LogP contribution in [0.15, 0.2) is 11.1 Å². The van der Waals surface area contributed by atoms with Gasteiger partial charge in [0.15, 0.2) is 5.78 Å². The number of hydrogen-bond acceptors (Lipinski definition) is 6. The molecule has 0 amide bonds. The number of ketones is 1. The summed E-state index contributed by atoms with van der Waals surface area (Å²) in [6.07, 6.45) is -0.782. The van der Waals surface area contributed by atoms with E-state index < -0.39 is 35.6 Å². The normalized spacial score (nSPS) is 42.9. The minimum absolute atomic E-state index is 0.0428. The van der Waals surface area contributed by atoms with Crippen molar-refractivity contribution in [3.8, 4) is 0 Å². The summed E-state index contributed by atoms with van der Waals surface area (Å²) in [6, 6.07) is 0. The molecule has 1 N–H and O–H groups in total. The van der Waals surface area contributed by atoms with Gasteiger partial charge in [-0.15, -0.1) is 0 Å². The zero-order valence-electron chi connectivity index (χ0n) is 13.8. The van der Waals surface area contributed by atoms with Crippen LogP contribution in [0, 0.1) is 17.8 Å². The lowest BCUT2D eigenvalue weighted by atomic mass is 9.81. The lowest BCUT2D eigenvalue weighted by Crippen LogP contribution is -2.37. The van der Waals surface area contributed by atoms with E-state index in [9.17, 15) is 19.5 Å². The van der Waals surface area contributed by atoms with Gasteiger partial charge in [0.2, 0.25) is 0 Å². The summed E-state index contributed by atoms with van der Waals surface area (Å²) in [5, 5.41) is 10.9. The molecule has 6 nitrogen and oxygen atoms in total. The monoisotopic (exact) mass is 322 g/mol. The van der Waals surface area contributed by atoms with Gasteiger partial charge in [0.25, 0.3) is 0 Å². The third-order valence-corrected chi connectivity index (χ3v) is 5.58. The highest BCUT2D eigenvalue weighted by Gasteiger charge is 2.58. The van der Waals surface area contributed by atoms with Crippen LogP contribution in [-0.4, -0.2) is 40.6 Å². The second-order valence-corrected chi connectivity index (χ2v) is 7.19. The molecule has 0 aromatic carbocycles. The maximum atomic E-state index is 12.2. The topological polar surface area (TPSA) is 89.9 Å². The zero-order valence-corrected chi connectivity index (χ0v) is 13.8. The fourth-order valence-electron chi connectivity index (χ4n) is 4.36. The average Bonchev–Trinajstić information content (AvgIpc) is 2.83. The number of esters is 2. The van der Waals surface area contributed by atoms with Crippen molar-refractivity contribution in [1.82, 2.24) is 0 Å². The van der Waals surface area contributed by atoms with Crippen molar-refractivity contribution in [2.45, 2.75) is 58.3 Å². The second kappa shape index (κ2) is 5.16. The van der Waals surface area contributed by atoms with E-state index in [1.54, 1.807) is 20.8 Å². The highest BCUT2D eigenvalue weighted by atomic mass is 16.6. The molecule has 1 heterocycles. The molecule has 0 aromatic heterocycles. The Hall–Kier alpha value is -1.69. The van der Waals surface area contributed by atoms with Crippen molar-refractivity contribution in [2.75, 3.05) is 0 Å². The molecule has 0 bridgehead atoms. The zero-order chi connectivity index (χ0) is 17.1. The van der Waals surface area contributed by atoms with Gasteiger partial charge in [-0.3, -0.25) is 14.4 Å². The molecule has 3 aliphatic rings. The summed E-state index contributed by atoms with van der Waals surface area (Å²) >= 11 is 0. The summed E-state index contributed by atoms with van der Waals surface area (Å²) in [4.78, 5) is 35.8. The summed E-state index contributed by atoms with van der Waals surface area (Å²) < 4.78 is 11.0. The number of carbonyl (C=O) groups excluding carboxylic acids is 3. The first-order valence-electron chi connectivity index (χ1n) is 7.97. The standard InChI is InChI=1S/C17H22O6/c1-7-11(19)5-10-13(7)15(22-9(3)18)14-8(2)16(20)23-12(14)6-17(10,4)21/h8,10,12,14-15,21H,5-6H2,1-4H3/t8-,10+,12+,14+,15+,17+/m0/s1. The highest BCUT2D eigenvalue weighted by molar-refractivity contribution is 5.99. The van der Waals surface area contributed by atoms with Gasteiger partial charge in [-0.2, -0.15) is 0 Å². The van der Waals surface area contributed by atoms with Crippen LogP contribution in [0.1, 0.15) is 40.5 Å². The van der Waals surface area contributed by atoms with Crippen molar-refractivity contribution in [3.05, 3.63) is 11.1 Å². The van der Waals surface area contributed by atoms with Gasteiger partial charge >= 0.3 is 11.9 Å². The number of hydrogen-bond donors (Lipinski definition) is 1. The molecule has 0 spiro atoms. The first kappa shape index (κ1) is 16.2. The molecule has 6 heteroatoms. The predicted molar refractivity (Wildman–Crippen MR) is 79.1 cm³/mol. The maximum Gasteiger partial charge on any atom is 0.309 e. The third kappa shape index (κ3) is 2.40. The van der Waals surface area contributed by atoms with Crippen LogP contribution in [0.2, 0.25) is 0 Å². The molecular weight excluding hydrogens is 300 g/mol. The molecule has 6 atom stereocenters. The second-order valence-electron chi connectivity index (χ2n) is 7.19. The first-order chi connectivity index (χ1) is 10.6. The van der Waals surface area contributed by atoms with Crippen molar-refractivity contribution in [2.24, 2.45) is 17.8 Å². The predicted octanol–water partition coefficient (Wildman–Crippen LogP) is 1.16. The first-order valence-corrected chi connectivity index (χ1v) is 7.97. The molecule has 1 saturated heterocycles. The van der Waals surface area contributed by atoms with Crippen molar-refractivity contribution >= 4 is 17.7 Å². The van der Waals surface area contributed by atoms with Gasteiger partial charge in [-0.25, -0.2) is 0 Å². The van der Waals surface area contributed by atoms with Crippen LogP contribution < -0.4 is 0 Å². The summed E-state index contributed by atoms with van der Waals surface area (Å²) in [7, 11) is 0. The Morgan fingerprint density at radius 3 is 2.65 bits per heavy atom. The highest BCUT2D eigenvalue weighted by Crippen LogP contribution is 2.51. The Morgan fingerprint density at radius 1 is 1.39 bits per heavy atom. The molecule has 1 aliphatic heterocycles. The smallest absolute Gasteiger partial charge is 0.309 e. The Labute approximate surface area is 134 Å². The van der Waals surface area contributed by atoms with Gasteiger partial charge in [-0.05, 0) is 25.0 Å². The fraction of sp³-hybridized carbons (Fsp3) is 0.706. The lowest BCUT2D eigenvalue weighted by molar-refractivity contribution is -0.148. The summed E-state index contributed by atoms with van der Waals surface area (Å²) in [5.41, 5.74) is 0.00633. The number of ether oxygens (including phenoxy) is 2. The number of allylic oxidation sites excluding steroid dienone is 1. The molecule has 0 aromatic rings. The molecule has 3 rings (SSSR count). The SMILES string of the molecule is CC(=O)O[C@@H]1C2=C(C)C(=O)C[C@H]2[C@](C)(O)C[C@H]2OC(=O)[C@@H](C)[C@@H]12. The minimum Gasteiger partial charge on any atom is -0.462 e. The fourth-order valence-corrected chi connectivity index (χ4v) is 4.36. The van der Waals surface area contributed by atoms with E-state index in [4.69, 9.17) is 9.47 Å². The van der Waals surface area contributed by atoms with E-state index in [1.807, 2.05) is 0 Å². The van der Waals surface area contributed by atoms with Crippen LogP contribution in [0.4, 0.5) is 0 Å². The van der Waals surface area contributed by atoms with Crippen LogP contribution in [0.5, 0.6) is 0 Å². The molecule has 0 unspecified atom stereocenters. The van der Waals surface area contributed by atoms with E-state index in [-0.39, 0.29) is 30.5 Å². The molecule has 1 saturated carbocycles. The Bertz CT molecular complexity index is 617. The largest absolute Gasteiger partial charge is 0.462 e. The quantitative estimate of drug-likeness (QED) is 0.729. The van der Waals surface area contributed by atoms with Crippen LogP contribution in [-0.2, 0) is 23.9 Å². The van der Waals surface area contributed by atoms with E-state index in [0.717, 1.165) is 0 Å². The Kier molecular flexibility index (Phi) is 3.63. The number of Topliss-reactive ketones (excluding diaryl/α,β-unsaturated/α-hetero) is 1. The number of carbonyl (C=O) groups is 3. The van der Waals surface area contributed by atoms with Crippen LogP contribution >= 0.6 is 0 Å². The molecular formula is C17H22O6. The van der Waals surface area contributed by atoms with Crippen molar-refractivity contribution in [3.63, 3.8) is 0 Å². The third-order valence-electron chi connectivity index (χ3n) is 5.58. The van der Waals surface area contributed by atoms with Gasteiger partial charge in [0.1, 0.15) is 12.2 Å². The molecule has 126 valence electrons. The lowest BCUT2D eigenvalue weighted by Gasteiger charge is -2.31. The summed E-state index contributed by atoms with van der Waals surface area (Å²) in [6.45, 7) is 6.41. The molecule has 2 fully saturated rings. The van der Waals surface area contributed by atoms with Gasteiger partial charge in [-0.1, -0.05) is 6.92 Å². The van der Waals surface area contributed by atoms with Gasteiger partial charge in [0, 0.05) is 25.7 Å². The van der Waals surface area contributed by atoms with E-state index in [1.165, 1.54) is 6.92 Å². The Morgan fingerprint density at radius 2 is 2.04 bits per heavy atom. The molecule has 23 heavy (non-hydrogen) atoms. The van der Waals surface area contributed by atoms with Crippen LogP contribution in [0.25, 0.3) is 0 Å². The summed E-state index contributed by atoms with van der Waals surface area (Å²) in [5.74, 6) is -2.10. The molecule has 2 aliphatic carbocycles. The van der Waals surface area contributed by atoms with Gasteiger partial charge in [0.05, 0.1) is 17.4 Å². The van der Waals surface area contributed by atoms with E-state index in [2.05, 4.69) is 0 Å². The van der Waals surface area contributed by atoms with Crippen molar-refractivity contribution < 1.29 is 29.0 Å². The van der Waals surface area contributed by atoms with E-state index in [0.29, 0.717) is 11.1 Å². The molecule has 0 radical (unpaired) electrons. The average molecular weight is 322 g/mol. The van der Waals surface area contributed by atoms with E-state index >= 15 is 0 Å².